The molecule has 5 nitrogen and oxygen atoms in total. The molecule has 0 spiro atoms. The van der Waals surface area contributed by atoms with E-state index in [-0.39, 0.29) is 5.56 Å². The highest BCUT2D eigenvalue weighted by Crippen LogP contribution is 2.33. The SMILES string of the molecule is CCSn1c(-c2cccc(Cl)c2Cl)nc2nc[nH]c2c1=O. The molecule has 108 valence electrons. The van der Waals surface area contributed by atoms with E-state index in [1.54, 1.807) is 18.2 Å². The Balaban J connectivity index is 2.37. The second kappa shape index (κ2) is 5.71. The third-order valence-electron chi connectivity index (χ3n) is 2.87. The molecular weight excluding hydrogens is 331 g/mol. The number of rotatable bonds is 3. The minimum atomic E-state index is -0.199. The Morgan fingerprint density at radius 2 is 2.19 bits per heavy atom. The van der Waals surface area contributed by atoms with Crippen LogP contribution in [0.4, 0.5) is 0 Å². The molecule has 21 heavy (non-hydrogen) atoms. The van der Waals surface area contributed by atoms with Crippen LogP contribution < -0.4 is 5.56 Å². The summed E-state index contributed by atoms with van der Waals surface area (Å²) in [7, 11) is 0. The summed E-state index contributed by atoms with van der Waals surface area (Å²) in [6.07, 6.45) is 1.45. The van der Waals surface area contributed by atoms with Gasteiger partial charge in [0.2, 0.25) is 0 Å². The Morgan fingerprint density at radius 1 is 1.38 bits per heavy atom. The van der Waals surface area contributed by atoms with Crippen molar-refractivity contribution in [1.29, 1.82) is 0 Å². The van der Waals surface area contributed by atoms with Crippen LogP contribution in [0.3, 0.4) is 0 Å². The second-order valence-corrected chi connectivity index (χ2v) is 6.14. The summed E-state index contributed by atoms with van der Waals surface area (Å²) >= 11 is 13.7. The number of fused-ring (bicyclic) bond motifs is 1. The number of hydrogen-bond donors (Lipinski definition) is 1. The number of aromatic amines is 1. The average Bonchev–Trinajstić information content (AvgIpc) is 2.94. The third-order valence-corrected chi connectivity index (χ3v) is 4.55. The minimum Gasteiger partial charge on any atom is -0.339 e. The summed E-state index contributed by atoms with van der Waals surface area (Å²) in [6, 6.07) is 5.24. The van der Waals surface area contributed by atoms with Gasteiger partial charge in [-0.05, 0) is 24.1 Å². The summed E-state index contributed by atoms with van der Waals surface area (Å²) in [5.74, 6) is 1.16. The molecule has 0 unspecified atom stereocenters. The lowest BCUT2D eigenvalue weighted by Gasteiger charge is -2.11. The van der Waals surface area contributed by atoms with Crippen LogP contribution in [0.25, 0.3) is 22.6 Å². The van der Waals surface area contributed by atoms with Crippen molar-refractivity contribution in [2.45, 2.75) is 6.92 Å². The number of aromatic nitrogens is 4. The van der Waals surface area contributed by atoms with E-state index in [0.717, 1.165) is 0 Å². The maximum absolute atomic E-state index is 12.5. The number of benzene rings is 1. The first-order chi connectivity index (χ1) is 10.1. The molecular formula is C13H10Cl2N4OS. The molecule has 0 atom stereocenters. The molecule has 0 aliphatic heterocycles. The molecule has 0 radical (unpaired) electrons. The van der Waals surface area contributed by atoms with Gasteiger partial charge in [-0.2, -0.15) is 0 Å². The fourth-order valence-corrected chi connectivity index (χ4v) is 3.08. The Bertz CT molecular complexity index is 874. The Kier molecular flexibility index (Phi) is 3.93. The van der Waals surface area contributed by atoms with E-state index in [1.807, 2.05) is 6.92 Å². The van der Waals surface area contributed by atoms with Crippen molar-refractivity contribution in [3.8, 4) is 11.4 Å². The van der Waals surface area contributed by atoms with Gasteiger partial charge in [-0.1, -0.05) is 36.2 Å². The summed E-state index contributed by atoms with van der Waals surface area (Å²) in [4.78, 5) is 23.8. The third kappa shape index (κ3) is 2.43. The summed E-state index contributed by atoms with van der Waals surface area (Å²) < 4.78 is 1.51. The lowest BCUT2D eigenvalue weighted by Crippen LogP contribution is -2.19. The van der Waals surface area contributed by atoms with E-state index in [2.05, 4.69) is 15.0 Å². The number of nitrogens with one attached hydrogen (secondary N) is 1. The minimum absolute atomic E-state index is 0.199. The number of nitrogens with zero attached hydrogens (tertiary/aromatic N) is 3. The predicted octanol–water partition coefficient (Wildman–Crippen LogP) is 3.61. The van der Waals surface area contributed by atoms with Crippen LogP contribution in [0.5, 0.6) is 0 Å². The van der Waals surface area contributed by atoms with E-state index in [1.165, 1.54) is 22.2 Å². The van der Waals surface area contributed by atoms with E-state index in [4.69, 9.17) is 23.2 Å². The van der Waals surface area contributed by atoms with Gasteiger partial charge in [0, 0.05) is 11.3 Å². The van der Waals surface area contributed by atoms with Gasteiger partial charge in [-0.3, -0.25) is 4.79 Å². The largest absolute Gasteiger partial charge is 0.339 e. The van der Waals surface area contributed by atoms with Gasteiger partial charge in [0.15, 0.2) is 17.0 Å². The van der Waals surface area contributed by atoms with Gasteiger partial charge >= 0.3 is 0 Å². The standard InChI is InChI=1S/C13H10Cl2N4OS/c1-2-21-19-12(7-4-3-5-8(14)9(7)15)18-11-10(13(19)20)16-6-17-11/h3-6H,2H2,1H3,(H,16,17). The van der Waals surface area contributed by atoms with Crippen LogP contribution in [0, 0.1) is 0 Å². The highest BCUT2D eigenvalue weighted by molar-refractivity contribution is 7.97. The number of imidazole rings is 1. The molecule has 0 bridgehead atoms. The number of hydrogen-bond acceptors (Lipinski definition) is 4. The topological polar surface area (TPSA) is 63.6 Å². The second-order valence-electron chi connectivity index (χ2n) is 4.16. The van der Waals surface area contributed by atoms with E-state index in [9.17, 15) is 4.79 Å². The first-order valence-electron chi connectivity index (χ1n) is 6.17. The summed E-state index contributed by atoms with van der Waals surface area (Å²) in [5, 5.41) is 0.782. The van der Waals surface area contributed by atoms with Gasteiger partial charge in [0.1, 0.15) is 0 Å². The van der Waals surface area contributed by atoms with Gasteiger partial charge < -0.3 is 4.98 Å². The van der Waals surface area contributed by atoms with Crippen molar-refractivity contribution >= 4 is 46.3 Å². The van der Waals surface area contributed by atoms with Crippen molar-refractivity contribution in [2.24, 2.45) is 0 Å². The first kappa shape index (κ1) is 14.4. The molecule has 2 heterocycles. The molecule has 1 aromatic carbocycles. The summed E-state index contributed by atoms with van der Waals surface area (Å²) in [5.41, 5.74) is 1.14. The number of H-pyrrole nitrogens is 1. The average molecular weight is 341 g/mol. The highest BCUT2D eigenvalue weighted by atomic mass is 35.5. The maximum Gasteiger partial charge on any atom is 0.290 e. The molecule has 1 N–H and O–H groups in total. The van der Waals surface area contributed by atoms with E-state index >= 15 is 0 Å². The zero-order chi connectivity index (χ0) is 15.0. The van der Waals surface area contributed by atoms with Crippen LogP contribution >= 0.6 is 35.1 Å². The molecule has 0 amide bonds. The van der Waals surface area contributed by atoms with Crippen LogP contribution in [0.2, 0.25) is 10.0 Å². The van der Waals surface area contributed by atoms with Crippen molar-refractivity contribution in [3.05, 3.63) is 44.9 Å². The van der Waals surface area contributed by atoms with Crippen molar-refractivity contribution < 1.29 is 0 Å². The Labute approximate surface area is 134 Å². The zero-order valence-corrected chi connectivity index (χ0v) is 13.3. The fraction of sp³-hybridized carbons (Fsp3) is 0.154. The van der Waals surface area contributed by atoms with E-state index in [0.29, 0.717) is 38.3 Å². The van der Waals surface area contributed by atoms with Gasteiger partial charge in [0.25, 0.3) is 5.56 Å². The lowest BCUT2D eigenvalue weighted by atomic mass is 10.2. The van der Waals surface area contributed by atoms with Gasteiger partial charge in [-0.25, -0.2) is 13.9 Å². The molecule has 3 rings (SSSR count). The Morgan fingerprint density at radius 3 is 2.95 bits per heavy atom. The molecule has 0 aliphatic carbocycles. The van der Waals surface area contributed by atoms with Gasteiger partial charge in [-0.15, -0.1) is 0 Å². The Hall–Kier alpha value is -1.50. The smallest absolute Gasteiger partial charge is 0.290 e. The van der Waals surface area contributed by atoms with Crippen molar-refractivity contribution in [3.63, 3.8) is 0 Å². The first-order valence-corrected chi connectivity index (χ1v) is 7.87. The lowest BCUT2D eigenvalue weighted by molar-refractivity contribution is 1.09. The van der Waals surface area contributed by atoms with E-state index < -0.39 is 0 Å². The van der Waals surface area contributed by atoms with Gasteiger partial charge in [0.05, 0.1) is 16.4 Å². The molecule has 0 saturated carbocycles. The van der Waals surface area contributed by atoms with Crippen molar-refractivity contribution in [1.82, 2.24) is 18.9 Å². The van der Waals surface area contributed by atoms with Crippen LogP contribution in [0.1, 0.15) is 6.92 Å². The molecule has 0 saturated heterocycles. The fourth-order valence-electron chi connectivity index (χ4n) is 1.97. The quantitative estimate of drug-likeness (QED) is 0.790. The zero-order valence-electron chi connectivity index (χ0n) is 10.9. The molecule has 2 aromatic heterocycles. The van der Waals surface area contributed by atoms with Crippen LogP contribution in [-0.2, 0) is 0 Å². The van der Waals surface area contributed by atoms with Crippen LogP contribution in [-0.4, -0.2) is 24.7 Å². The predicted molar refractivity (Wildman–Crippen MR) is 87.1 cm³/mol. The van der Waals surface area contributed by atoms with Crippen molar-refractivity contribution in [2.75, 3.05) is 5.75 Å². The highest BCUT2D eigenvalue weighted by Gasteiger charge is 2.17. The maximum atomic E-state index is 12.5. The molecule has 8 heteroatoms. The molecule has 0 aliphatic rings. The normalized spacial score (nSPS) is 11.2. The summed E-state index contributed by atoms with van der Waals surface area (Å²) in [6.45, 7) is 1.96. The monoisotopic (exact) mass is 340 g/mol. The molecule has 0 fully saturated rings. The van der Waals surface area contributed by atoms with Crippen LogP contribution in [0.15, 0.2) is 29.3 Å². The number of halogens is 2. The molecule has 3 aromatic rings.